The molecule has 1 spiro atoms. The van der Waals surface area contributed by atoms with Crippen LogP contribution in [0.1, 0.15) is 29.5 Å². The third-order valence-electron chi connectivity index (χ3n) is 6.70. The van der Waals surface area contributed by atoms with Crippen LogP contribution in [-0.4, -0.2) is 16.8 Å². The number of phenolic OH excluding ortho intramolecular Hbond substituents is 2. The molecule has 0 radical (unpaired) electrons. The Kier molecular flexibility index (Phi) is 3.90. The number of aromatic hydroxyl groups is 2. The molecule has 1 aliphatic carbocycles. The van der Waals surface area contributed by atoms with Crippen LogP contribution in [0.5, 0.6) is 17.2 Å². The first-order valence-corrected chi connectivity index (χ1v) is 10.7. The first kappa shape index (κ1) is 18.1. The predicted octanol–water partition coefficient (Wildman–Crippen LogP) is 5.40. The number of anilines is 1. The SMILES string of the molecule is Oc1cc2c(cc1O)C1(CO2)C2=CCCC=C2N(Cc2ccccc2)c2ccccc21. The summed E-state index contributed by atoms with van der Waals surface area (Å²) in [5, 5.41) is 20.4. The molecule has 3 aromatic carbocycles. The smallest absolute Gasteiger partial charge is 0.161 e. The van der Waals surface area contributed by atoms with E-state index in [1.54, 1.807) is 6.07 Å². The van der Waals surface area contributed by atoms with Crippen LogP contribution in [-0.2, 0) is 12.0 Å². The number of allylic oxidation sites excluding steroid dienone is 3. The number of hydrogen-bond donors (Lipinski definition) is 2. The van der Waals surface area contributed by atoms with Gasteiger partial charge in [-0.15, -0.1) is 0 Å². The molecule has 31 heavy (non-hydrogen) atoms. The van der Waals surface area contributed by atoms with Gasteiger partial charge in [-0.25, -0.2) is 0 Å². The van der Waals surface area contributed by atoms with E-state index < -0.39 is 5.41 Å². The minimum Gasteiger partial charge on any atom is -0.504 e. The second kappa shape index (κ2) is 6.67. The lowest BCUT2D eigenvalue weighted by molar-refractivity contribution is 0.308. The highest BCUT2D eigenvalue weighted by Gasteiger charge is 2.52. The van der Waals surface area contributed by atoms with Crippen molar-refractivity contribution in [1.82, 2.24) is 0 Å². The van der Waals surface area contributed by atoms with E-state index in [2.05, 4.69) is 65.6 Å². The fraction of sp³-hybridized carbons (Fsp3) is 0.185. The summed E-state index contributed by atoms with van der Waals surface area (Å²) >= 11 is 0. The maximum Gasteiger partial charge on any atom is 0.161 e. The van der Waals surface area contributed by atoms with Crippen molar-refractivity contribution in [2.24, 2.45) is 0 Å². The van der Waals surface area contributed by atoms with Crippen LogP contribution in [0, 0.1) is 0 Å². The lowest BCUT2D eigenvalue weighted by Crippen LogP contribution is -2.43. The van der Waals surface area contributed by atoms with Crippen LogP contribution in [0.2, 0.25) is 0 Å². The maximum absolute atomic E-state index is 10.3. The van der Waals surface area contributed by atoms with E-state index in [9.17, 15) is 10.2 Å². The van der Waals surface area contributed by atoms with Crippen LogP contribution < -0.4 is 9.64 Å². The van der Waals surface area contributed by atoms with Crippen LogP contribution in [0.3, 0.4) is 0 Å². The molecule has 0 amide bonds. The van der Waals surface area contributed by atoms with Crippen molar-refractivity contribution in [1.29, 1.82) is 0 Å². The quantitative estimate of drug-likeness (QED) is 0.557. The largest absolute Gasteiger partial charge is 0.504 e. The number of benzene rings is 3. The average molecular weight is 409 g/mol. The average Bonchev–Trinajstić information content (AvgIpc) is 3.16. The minimum absolute atomic E-state index is 0.116. The molecule has 1 unspecified atom stereocenters. The van der Waals surface area contributed by atoms with Crippen LogP contribution >= 0.6 is 0 Å². The van der Waals surface area contributed by atoms with Crippen molar-refractivity contribution in [2.45, 2.75) is 24.8 Å². The van der Waals surface area contributed by atoms with Crippen LogP contribution in [0.15, 0.2) is 90.2 Å². The summed E-state index contributed by atoms with van der Waals surface area (Å²) in [7, 11) is 0. The van der Waals surface area contributed by atoms with Crippen molar-refractivity contribution in [3.63, 3.8) is 0 Å². The topological polar surface area (TPSA) is 52.9 Å². The third kappa shape index (κ3) is 2.54. The number of fused-ring (bicyclic) bond motifs is 6. The molecule has 154 valence electrons. The molecule has 6 rings (SSSR count). The Morgan fingerprint density at radius 2 is 1.58 bits per heavy atom. The molecular weight excluding hydrogens is 386 g/mol. The molecule has 4 heteroatoms. The minimum atomic E-state index is -0.503. The monoisotopic (exact) mass is 409 g/mol. The summed E-state index contributed by atoms with van der Waals surface area (Å²) in [5.74, 6) is 0.362. The Morgan fingerprint density at radius 3 is 2.45 bits per heavy atom. The van der Waals surface area contributed by atoms with Crippen molar-refractivity contribution in [2.75, 3.05) is 11.5 Å². The molecule has 0 saturated carbocycles. The van der Waals surface area contributed by atoms with Gasteiger partial charge in [0.1, 0.15) is 12.4 Å². The number of hydrogen-bond acceptors (Lipinski definition) is 4. The fourth-order valence-corrected chi connectivity index (χ4v) is 5.31. The zero-order valence-corrected chi connectivity index (χ0v) is 17.1. The predicted molar refractivity (Wildman–Crippen MR) is 121 cm³/mol. The molecule has 0 aromatic heterocycles. The Bertz CT molecular complexity index is 1240. The van der Waals surface area contributed by atoms with E-state index in [1.165, 1.54) is 28.5 Å². The summed E-state index contributed by atoms with van der Waals surface area (Å²) in [5.41, 5.74) is 6.41. The van der Waals surface area contributed by atoms with Crippen molar-refractivity contribution in [3.05, 3.63) is 107 Å². The van der Waals surface area contributed by atoms with Crippen molar-refractivity contribution in [3.8, 4) is 17.2 Å². The molecule has 2 aliphatic heterocycles. The highest BCUT2D eigenvalue weighted by atomic mass is 16.5. The molecule has 1 atom stereocenters. The van der Waals surface area contributed by atoms with Gasteiger partial charge in [0, 0.05) is 29.6 Å². The van der Waals surface area contributed by atoms with Gasteiger partial charge in [-0.1, -0.05) is 60.7 Å². The summed E-state index contributed by atoms with van der Waals surface area (Å²) in [6.07, 6.45) is 6.62. The van der Waals surface area contributed by atoms with Crippen LogP contribution in [0.4, 0.5) is 5.69 Å². The van der Waals surface area contributed by atoms with Crippen molar-refractivity contribution >= 4 is 5.69 Å². The molecule has 0 saturated heterocycles. The number of ether oxygens (including phenoxy) is 1. The van der Waals surface area contributed by atoms with Gasteiger partial charge in [-0.2, -0.15) is 0 Å². The zero-order chi connectivity index (χ0) is 21.0. The molecule has 4 nitrogen and oxygen atoms in total. The highest BCUT2D eigenvalue weighted by Crippen LogP contribution is 2.58. The fourth-order valence-electron chi connectivity index (χ4n) is 5.31. The normalized spacial score (nSPS) is 21.0. The van der Waals surface area contributed by atoms with E-state index in [4.69, 9.17) is 4.74 Å². The lowest BCUT2D eigenvalue weighted by Gasteiger charge is -2.46. The second-order valence-electron chi connectivity index (χ2n) is 8.40. The van der Waals surface area contributed by atoms with E-state index in [1.807, 2.05) is 6.07 Å². The molecule has 2 N–H and O–H groups in total. The summed E-state index contributed by atoms with van der Waals surface area (Å²) in [6, 6.07) is 22.2. The van der Waals surface area contributed by atoms with Gasteiger partial charge in [0.25, 0.3) is 0 Å². The maximum atomic E-state index is 10.3. The van der Waals surface area contributed by atoms with Crippen LogP contribution in [0.25, 0.3) is 0 Å². The van der Waals surface area contributed by atoms with Crippen molar-refractivity contribution < 1.29 is 14.9 Å². The van der Waals surface area contributed by atoms with Gasteiger partial charge in [-0.05, 0) is 41.7 Å². The first-order valence-electron chi connectivity index (χ1n) is 10.7. The third-order valence-corrected chi connectivity index (χ3v) is 6.70. The molecule has 3 aliphatic rings. The number of phenols is 2. The zero-order valence-electron chi connectivity index (χ0n) is 17.1. The second-order valence-corrected chi connectivity index (χ2v) is 8.40. The molecule has 0 fully saturated rings. The van der Waals surface area contributed by atoms with E-state index in [-0.39, 0.29) is 11.5 Å². The van der Waals surface area contributed by atoms with Gasteiger partial charge in [0.05, 0.1) is 5.41 Å². The van der Waals surface area contributed by atoms with E-state index in [0.717, 1.165) is 30.6 Å². The number of rotatable bonds is 2. The molecule has 0 bridgehead atoms. The van der Waals surface area contributed by atoms with Gasteiger partial charge in [-0.3, -0.25) is 0 Å². The Balaban J connectivity index is 1.60. The lowest BCUT2D eigenvalue weighted by atomic mass is 9.65. The standard InChI is InChI=1S/C27H23NO3/c29-24-14-21-26(15-25(24)30)31-17-27(21)19-10-4-6-12-22(19)28(16-18-8-2-1-3-9-18)23-13-7-5-11-20(23)27/h1-4,6,8-15,29-30H,5,7,16-17H2. The summed E-state index contributed by atoms with van der Waals surface area (Å²) in [6.45, 7) is 1.23. The number of nitrogens with zero attached hydrogens (tertiary/aromatic N) is 1. The Morgan fingerprint density at radius 1 is 0.839 bits per heavy atom. The molecule has 3 aromatic rings. The number of para-hydroxylation sites is 1. The Hall–Kier alpha value is -3.66. The Labute approximate surface area is 181 Å². The summed E-state index contributed by atoms with van der Waals surface area (Å²) in [4.78, 5) is 2.40. The van der Waals surface area contributed by atoms with Gasteiger partial charge >= 0.3 is 0 Å². The first-order chi connectivity index (χ1) is 15.2. The molecule has 2 heterocycles. The highest BCUT2D eigenvalue weighted by molar-refractivity contribution is 5.78. The van der Waals surface area contributed by atoms with Gasteiger partial charge < -0.3 is 19.8 Å². The molecular formula is C27H23NO3. The van der Waals surface area contributed by atoms with E-state index in [0.29, 0.717) is 12.4 Å². The van der Waals surface area contributed by atoms with Gasteiger partial charge in [0.15, 0.2) is 11.5 Å². The van der Waals surface area contributed by atoms with Gasteiger partial charge in [0.2, 0.25) is 0 Å². The summed E-state index contributed by atoms with van der Waals surface area (Å²) < 4.78 is 6.13. The van der Waals surface area contributed by atoms with E-state index >= 15 is 0 Å².